The third-order valence-corrected chi connectivity index (χ3v) is 3.00. The van der Waals surface area contributed by atoms with Gasteiger partial charge in [-0.3, -0.25) is 10.1 Å². The maximum absolute atomic E-state index is 11.0. The summed E-state index contributed by atoms with van der Waals surface area (Å²) >= 11 is 0. The number of nitrogens with zero attached hydrogens (tertiary/aromatic N) is 1. The molecule has 0 saturated carbocycles. The molecule has 6 nitrogen and oxygen atoms in total. The van der Waals surface area contributed by atoms with Gasteiger partial charge in [0.2, 0.25) is 12.5 Å². The average Bonchev–Trinajstić information content (AvgIpc) is 2.75. The molecule has 0 amide bonds. The van der Waals surface area contributed by atoms with E-state index in [1.807, 2.05) is 13.8 Å². The fourth-order valence-electron chi connectivity index (χ4n) is 1.63. The fraction of sp³-hybridized carbons (Fsp3) is 0.455. The normalized spacial score (nSPS) is 13.8. The summed E-state index contributed by atoms with van der Waals surface area (Å²) in [7, 11) is 1.80. The number of ether oxygens (including phenoxy) is 2. The van der Waals surface area contributed by atoms with Crippen LogP contribution in [0, 0.1) is 10.1 Å². The Morgan fingerprint density at radius 1 is 1.41 bits per heavy atom. The molecule has 1 aliphatic rings. The van der Waals surface area contributed by atoms with Crippen molar-refractivity contribution in [1.82, 2.24) is 5.32 Å². The Hall–Kier alpha value is -1.82. The van der Waals surface area contributed by atoms with Crippen molar-refractivity contribution in [3.05, 3.63) is 27.8 Å². The second-order valence-electron chi connectivity index (χ2n) is 4.36. The van der Waals surface area contributed by atoms with Gasteiger partial charge in [-0.25, -0.2) is 0 Å². The van der Waals surface area contributed by atoms with E-state index in [4.69, 9.17) is 9.47 Å². The molecular formula is C11H14N2O4. The molecule has 0 unspecified atom stereocenters. The Bertz CT molecular complexity index is 471. The fourth-order valence-corrected chi connectivity index (χ4v) is 1.63. The molecule has 0 aliphatic carbocycles. The minimum Gasteiger partial charge on any atom is -0.453 e. The molecule has 1 heterocycles. The summed E-state index contributed by atoms with van der Waals surface area (Å²) in [4.78, 5) is 10.5. The van der Waals surface area contributed by atoms with Crippen LogP contribution in [0.25, 0.3) is 0 Å². The van der Waals surface area contributed by atoms with Crippen LogP contribution >= 0.6 is 0 Å². The van der Waals surface area contributed by atoms with Gasteiger partial charge in [0.15, 0.2) is 5.75 Å². The van der Waals surface area contributed by atoms with Gasteiger partial charge in [0.05, 0.1) is 4.92 Å². The van der Waals surface area contributed by atoms with E-state index in [1.165, 1.54) is 6.07 Å². The summed E-state index contributed by atoms with van der Waals surface area (Å²) < 4.78 is 10.3. The van der Waals surface area contributed by atoms with Crippen LogP contribution in [-0.4, -0.2) is 18.8 Å². The smallest absolute Gasteiger partial charge is 0.315 e. The monoisotopic (exact) mass is 238 g/mol. The van der Waals surface area contributed by atoms with E-state index in [9.17, 15) is 10.1 Å². The lowest BCUT2D eigenvalue weighted by Gasteiger charge is -2.24. The molecule has 0 atom stereocenters. The van der Waals surface area contributed by atoms with Crippen molar-refractivity contribution in [2.24, 2.45) is 0 Å². The standard InChI is InChI=1S/C11H14N2O4/c1-11(2,12-3)7-4-8(13(14)15)10-9(5-7)16-6-17-10/h4-5,12H,6H2,1-3H3. The molecular weight excluding hydrogens is 224 g/mol. The Morgan fingerprint density at radius 3 is 2.71 bits per heavy atom. The van der Waals surface area contributed by atoms with Gasteiger partial charge in [0, 0.05) is 11.6 Å². The third-order valence-electron chi connectivity index (χ3n) is 3.00. The van der Waals surface area contributed by atoms with Crippen molar-refractivity contribution >= 4 is 5.69 Å². The van der Waals surface area contributed by atoms with Crippen LogP contribution in [0.15, 0.2) is 12.1 Å². The maximum Gasteiger partial charge on any atom is 0.315 e. The number of nitro benzene ring substituents is 1. The number of nitro groups is 1. The van der Waals surface area contributed by atoms with Gasteiger partial charge in [-0.1, -0.05) is 0 Å². The van der Waals surface area contributed by atoms with Crippen LogP contribution in [-0.2, 0) is 5.54 Å². The maximum atomic E-state index is 11.0. The van der Waals surface area contributed by atoms with Gasteiger partial charge < -0.3 is 14.8 Å². The Balaban J connectivity index is 2.58. The number of fused-ring (bicyclic) bond motifs is 1. The van der Waals surface area contributed by atoms with Gasteiger partial charge in [0.25, 0.3) is 0 Å². The SMILES string of the molecule is CNC(C)(C)c1cc2c(c([N+](=O)[O-])c1)OCO2. The van der Waals surface area contributed by atoms with Crippen LogP contribution in [0.3, 0.4) is 0 Å². The van der Waals surface area contributed by atoms with Crippen molar-refractivity contribution in [3.63, 3.8) is 0 Å². The van der Waals surface area contributed by atoms with Gasteiger partial charge >= 0.3 is 5.69 Å². The van der Waals surface area contributed by atoms with Gasteiger partial charge in [0.1, 0.15) is 0 Å². The highest BCUT2D eigenvalue weighted by molar-refractivity contribution is 5.60. The molecule has 0 saturated heterocycles. The zero-order chi connectivity index (χ0) is 12.6. The molecule has 2 rings (SSSR count). The summed E-state index contributed by atoms with van der Waals surface area (Å²) in [5.41, 5.74) is 0.362. The molecule has 1 aromatic carbocycles. The van der Waals surface area contributed by atoms with Gasteiger partial charge in [-0.15, -0.1) is 0 Å². The molecule has 0 spiro atoms. The van der Waals surface area contributed by atoms with Crippen LogP contribution in [0.1, 0.15) is 19.4 Å². The van der Waals surface area contributed by atoms with E-state index in [0.29, 0.717) is 5.75 Å². The van der Waals surface area contributed by atoms with Crippen LogP contribution < -0.4 is 14.8 Å². The first-order chi connectivity index (χ1) is 7.95. The van der Waals surface area contributed by atoms with E-state index in [0.717, 1.165) is 5.56 Å². The van der Waals surface area contributed by atoms with E-state index in [-0.39, 0.29) is 23.8 Å². The topological polar surface area (TPSA) is 73.6 Å². The van der Waals surface area contributed by atoms with Gasteiger partial charge in [-0.2, -0.15) is 0 Å². The molecule has 1 N–H and O–H groups in total. The highest BCUT2D eigenvalue weighted by atomic mass is 16.7. The number of hydrogen-bond donors (Lipinski definition) is 1. The zero-order valence-corrected chi connectivity index (χ0v) is 9.94. The van der Waals surface area contributed by atoms with E-state index >= 15 is 0 Å². The number of hydrogen-bond acceptors (Lipinski definition) is 5. The predicted molar refractivity (Wildman–Crippen MR) is 61.3 cm³/mol. The summed E-state index contributed by atoms with van der Waals surface area (Å²) in [5, 5.41) is 14.1. The van der Waals surface area contributed by atoms with Crippen molar-refractivity contribution in [3.8, 4) is 11.5 Å². The molecule has 1 aromatic rings. The zero-order valence-electron chi connectivity index (χ0n) is 9.94. The lowest BCUT2D eigenvalue weighted by atomic mass is 9.93. The molecule has 1 aliphatic heterocycles. The molecule has 0 bridgehead atoms. The Labute approximate surface area is 98.7 Å². The quantitative estimate of drug-likeness (QED) is 0.641. The molecule has 17 heavy (non-hydrogen) atoms. The lowest BCUT2D eigenvalue weighted by Crippen LogP contribution is -2.33. The lowest BCUT2D eigenvalue weighted by molar-refractivity contribution is -0.385. The summed E-state index contributed by atoms with van der Waals surface area (Å²) in [5.74, 6) is 0.642. The Kier molecular flexibility index (Phi) is 2.66. The molecule has 0 radical (unpaired) electrons. The predicted octanol–water partition coefficient (Wildman–Crippen LogP) is 1.78. The van der Waals surface area contributed by atoms with Gasteiger partial charge in [-0.05, 0) is 32.5 Å². The summed E-state index contributed by atoms with van der Waals surface area (Å²) in [6.07, 6.45) is 0. The first-order valence-electron chi connectivity index (χ1n) is 5.23. The Morgan fingerprint density at radius 2 is 2.12 bits per heavy atom. The van der Waals surface area contributed by atoms with Crippen molar-refractivity contribution in [2.45, 2.75) is 19.4 Å². The van der Waals surface area contributed by atoms with Crippen molar-refractivity contribution < 1.29 is 14.4 Å². The number of nitrogens with one attached hydrogen (secondary N) is 1. The highest BCUT2D eigenvalue weighted by Gasteiger charge is 2.30. The average molecular weight is 238 g/mol. The number of benzene rings is 1. The third kappa shape index (κ3) is 1.91. The van der Waals surface area contributed by atoms with Crippen molar-refractivity contribution in [2.75, 3.05) is 13.8 Å². The largest absolute Gasteiger partial charge is 0.453 e. The molecule has 6 heteroatoms. The van der Waals surface area contributed by atoms with Crippen molar-refractivity contribution in [1.29, 1.82) is 0 Å². The van der Waals surface area contributed by atoms with Crippen LogP contribution in [0.2, 0.25) is 0 Å². The van der Waals surface area contributed by atoms with E-state index < -0.39 is 4.92 Å². The molecule has 0 aromatic heterocycles. The van der Waals surface area contributed by atoms with E-state index in [2.05, 4.69) is 5.32 Å². The molecule has 0 fully saturated rings. The number of rotatable bonds is 3. The van der Waals surface area contributed by atoms with Crippen LogP contribution in [0.4, 0.5) is 5.69 Å². The minimum atomic E-state index is -0.456. The van der Waals surface area contributed by atoms with Crippen LogP contribution in [0.5, 0.6) is 11.5 Å². The summed E-state index contributed by atoms with van der Waals surface area (Å²) in [6, 6.07) is 3.29. The first kappa shape index (κ1) is 11.7. The van der Waals surface area contributed by atoms with E-state index in [1.54, 1.807) is 13.1 Å². The first-order valence-corrected chi connectivity index (χ1v) is 5.23. The minimum absolute atomic E-state index is 0.0274. The highest BCUT2D eigenvalue weighted by Crippen LogP contribution is 2.43. The summed E-state index contributed by atoms with van der Waals surface area (Å²) in [6.45, 7) is 3.90. The molecule has 92 valence electrons. The second kappa shape index (κ2) is 3.89. The second-order valence-corrected chi connectivity index (χ2v) is 4.36.